The Balaban J connectivity index is 1.45. The molecule has 4 heteroatoms. The summed E-state index contributed by atoms with van der Waals surface area (Å²) in [5, 5.41) is 2.94. The second-order valence-electron chi connectivity index (χ2n) is 7.10. The molecule has 1 aromatic carbocycles. The predicted octanol–water partition coefficient (Wildman–Crippen LogP) is 2.92. The lowest BCUT2D eigenvalue weighted by Gasteiger charge is -2.36. The average molecular weight is 328 g/mol. The molecule has 1 aliphatic heterocycles. The molecule has 130 valence electrons. The van der Waals surface area contributed by atoms with Gasteiger partial charge in [0, 0.05) is 31.5 Å². The molecule has 1 atom stereocenters. The van der Waals surface area contributed by atoms with E-state index in [0.717, 1.165) is 45.1 Å². The summed E-state index contributed by atoms with van der Waals surface area (Å²) in [7, 11) is 0. The maximum atomic E-state index is 12.6. The molecule has 1 aromatic rings. The van der Waals surface area contributed by atoms with E-state index in [1.807, 2.05) is 6.07 Å². The normalized spacial score (nSPS) is 20.7. The first-order valence-corrected chi connectivity index (χ1v) is 9.35. The first kappa shape index (κ1) is 17.0. The fourth-order valence-electron chi connectivity index (χ4n) is 3.51. The van der Waals surface area contributed by atoms with E-state index in [0.29, 0.717) is 19.0 Å². The Morgan fingerprint density at radius 3 is 2.62 bits per heavy atom. The van der Waals surface area contributed by atoms with Crippen LogP contribution in [0.15, 0.2) is 30.3 Å². The van der Waals surface area contributed by atoms with E-state index < -0.39 is 0 Å². The SMILES string of the molecule is O=C(NCCCC(=O)N1CCCC[C@@H]1Cc1ccccc1)C1CC1. The molecule has 24 heavy (non-hydrogen) atoms. The predicted molar refractivity (Wildman–Crippen MR) is 94.5 cm³/mol. The van der Waals surface area contributed by atoms with Crippen molar-refractivity contribution in [2.75, 3.05) is 13.1 Å². The van der Waals surface area contributed by atoms with Gasteiger partial charge in [-0.05, 0) is 50.5 Å². The van der Waals surface area contributed by atoms with Crippen LogP contribution in [0.2, 0.25) is 0 Å². The first-order chi connectivity index (χ1) is 11.7. The van der Waals surface area contributed by atoms with E-state index in [-0.39, 0.29) is 17.7 Å². The third kappa shape index (κ3) is 4.83. The van der Waals surface area contributed by atoms with Gasteiger partial charge < -0.3 is 10.2 Å². The number of hydrogen-bond donors (Lipinski definition) is 1. The highest BCUT2D eigenvalue weighted by Gasteiger charge is 2.29. The summed E-state index contributed by atoms with van der Waals surface area (Å²) in [4.78, 5) is 26.3. The molecule has 0 aromatic heterocycles. The van der Waals surface area contributed by atoms with E-state index in [1.165, 1.54) is 12.0 Å². The maximum absolute atomic E-state index is 12.6. The van der Waals surface area contributed by atoms with Crippen LogP contribution in [0.3, 0.4) is 0 Å². The van der Waals surface area contributed by atoms with Gasteiger partial charge in [-0.15, -0.1) is 0 Å². The molecule has 1 saturated carbocycles. The molecule has 2 fully saturated rings. The standard InChI is InChI=1S/C20H28N2O2/c23-19(10-6-13-21-20(24)17-11-12-17)22-14-5-4-9-18(22)15-16-7-2-1-3-8-16/h1-3,7-8,17-18H,4-6,9-15H2,(H,21,24)/t18-/m1/s1. The van der Waals surface area contributed by atoms with Crippen molar-refractivity contribution < 1.29 is 9.59 Å². The van der Waals surface area contributed by atoms with Gasteiger partial charge in [0.05, 0.1) is 0 Å². The molecule has 2 amide bonds. The van der Waals surface area contributed by atoms with Gasteiger partial charge in [0.1, 0.15) is 0 Å². The number of piperidine rings is 1. The van der Waals surface area contributed by atoms with Crippen LogP contribution in [0.1, 0.15) is 50.5 Å². The van der Waals surface area contributed by atoms with Crippen molar-refractivity contribution in [1.82, 2.24) is 10.2 Å². The summed E-state index contributed by atoms with van der Waals surface area (Å²) in [5.41, 5.74) is 1.30. The molecule has 1 N–H and O–H groups in total. The lowest BCUT2D eigenvalue weighted by Crippen LogP contribution is -2.45. The zero-order chi connectivity index (χ0) is 16.8. The summed E-state index contributed by atoms with van der Waals surface area (Å²) >= 11 is 0. The Morgan fingerprint density at radius 1 is 1.08 bits per heavy atom. The van der Waals surface area contributed by atoms with Gasteiger partial charge in [-0.3, -0.25) is 9.59 Å². The first-order valence-electron chi connectivity index (χ1n) is 9.35. The smallest absolute Gasteiger partial charge is 0.223 e. The minimum absolute atomic E-state index is 0.169. The lowest BCUT2D eigenvalue weighted by molar-refractivity contribution is -0.135. The van der Waals surface area contributed by atoms with Gasteiger partial charge in [0.2, 0.25) is 11.8 Å². The highest BCUT2D eigenvalue weighted by Crippen LogP contribution is 2.28. The van der Waals surface area contributed by atoms with Crippen LogP contribution < -0.4 is 5.32 Å². The maximum Gasteiger partial charge on any atom is 0.223 e. The molecule has 1 saturated heterocycles. The summed E-state index contributed by atoms with van der Waals surface area (Å²) in [6, 6.07) is 10.8. The van der Waals surface area contributed by atoms with Crippen LogP contribution in [-0.2, 0) is 16.0 Å². The molecule has 2 aliphatic rings. The van der Waals surface area contributed by atoms with Crippen molar-refractivity contribution in [3.8, 4) is 0 Å². The minimum Gasteiger partial charge on any atom is -0.356 e. The zero-order valence-electron chi connectivity index (χ0n) is 14.4. The molecule has 0 radical (unpaired) electrons. The van der Waals surface area contributed by atoms with Gasteiger partial charge in [-0.25, -0.2) is 0 Å². The van der Waals surface area contributed by atoms with E-state index >= 15 is 0 Å². The second kappa shape index (κ2) is 8.32. The molecular weight excluding hydrogens is 300 g/mol. The number of carbonyl (C=O) groups is 2. The summed E-state index contributed by atoms with van der Waals surface area (Å²) in [6.45, 7) is 1.50. The Morgan fingerprint density at radius 2 is 1.88 bits per heavy atom. The Labute approximate surface area is 144 Å². The highest BCUT2D eigenvalue weighted by atomic mass is 16.2. The lowest BCUT2D eigenvalue weighted by atomic mass is 9.95. The average Bonchev–Trinajstić information content (AvgIpc) is 3.45. The number of nitrogens with zero attached hydrogens (tertiary/aromatic N) is 1. The van der Waals surface area contributed by atoms with E-state index in [4.69, 9.17) is 0 Å². The van der Waals surface area contributed by atoms with Crippen LogP contribution >= 0.6 is 0 Å². The van der Waals surface area contributed by atoms with E-state index in [1.54, 1.807) is 0 Å². The summed E-state index contributed by atoms with van der Waals surface area (Å²) < 4.78 is 0. The van der Waals surface area contributed by atoms with Crippen molar-refractivity contribution >= 4 is 11.8 Å². The number of rotatable bonds is 7. The van der Waals surface area contributed by atoms with Crippen LogP contribution in [0.5, 0.6) is 0 Å². The Hall–Kier alpha value is -1.84. The molecule has 3 rings (SSSR count). The molecule has 0 bridgehead atoms. The molecule has 0 spiro atoms. The molecule has 0 unspecified atom stereocenters. The molecule has 4 nitrogen and oxygen atoms in total. The van der Waals surface area contributed by atoms with Crippen molar-refractivity contribution in [1.29, 1.82) is 0 Å². The van der Waals surface area contributed by atoms with Crippen LogP contribution in [0, 0.1) is 5.92 Å². The quantitative estimate of drug-likeness (QED) is 0.783. The number of carbonyl (C=O) groups excluding carboxylic acids is 2. The number of amides is 2. The van der Waals surface area contributed by atoms with Crippen molar-refractivity contribution in [3.05, 3.63) is 35.9 Å². The monoisotopic (exact) mass is 328 g/mol. The summed E-state index contributed by atoms with van der Waals surface area (Å²) in [6.07, 6.45) is 7.69. The van der Waals surface area contributed by atoms with Crippen molar-refractivity contribution in [2.45, 2.75) is 57.4 Å². The Kier molecular flexibility index (Phi) is 5.89. The number of nitrogens with one attached hydrogen (secondary N) is 1. The van der Waals surface area contributed by atoms with Crippen LogP contribution in [0.25, 0.3) is 0 Å². The van der Waals surface area contributed by atoms with Gasteiger partial charge in [0.25, 0.3) is 0 Å². The molecular formula is C20H28N2O2. The second-order valence-corrected chi connectivity index (χ2v) is 7.10. The van der Waals surface area contributed by atoms with E-state index in [2.05, 4.69) is 34.5 Å². The minimum atomic E-state index is 0.169. The Bertz CT molecular complexity index is 554. The number of hydrogen-bond acceptors (Lipinski definition) is 2. The number of benzene rings is 1. The summed E-state index contributed by atoms with van der Waals surface area (Å²) in [5.74, 6) is 0.664. The molecule has 1 aliphatic carbocycles. The van der Waals surface area contributed by atoms with Crippen LogP contribution in [0.4, 0.5) is 0 Å². The zero-order valence-corrected chi connectivity index (χ0v) is 14.4. The largest absolute Gasteiger partial charge is 0.356 e. The molecule has 1 heterocycles. The van der Waals surface area contributed by atoms with Gasteiger partial charge in [0.15, 0.2) is 0 Å². The van der Waals surface area contributed by atoms with Gasteiger partial charge in [-0.1, -0.05) is 30.3 Å². The number of likely N-dealkylation sites (tertiary alicyclic amines) is 1. The van der Waals surface area contributed by atoms with Gasteiger partial charge >= 0.3 is 0 Å². The van der Waals surface area contributed by atoms with Crippen molar-refractivity contribution in [3.63, 3.8) is 0 Å². The van der Waals surface area contributed by atoms with E-state index in [9.17, 15) is 9.59 Å². The van der Waals surface area contributed by atoms with Crippen LogP contribution in [-0.4, -0.2) is 35.8 Å². The highest BCUT2D eigenvalue weighted by molar-refractivity contribution is 5.81. The fraction of sp³-hybridized carbons (Fsp3) is 0.600. The third-order valence-electron chi connectivity index (χ3n) is 5.08. The third-order valence-corrected chi connectivity index (χ3v) is 5.08. The van der Waals surface area contributed by atoms with Gasteiger partial charge in [-0.2, -0.15) is 0 Å². The van der Waals surface area contributed by atoms with Crippen molar-refractivity contribution in [2.24, 2.45) is 5.92 Å². The fourth-order valence-corrected chi connectivity index (χ4v) is 3.51. The topological polar surface area (TPSA) is 49.4 Å².